The van der Waals surface area contributed by atoms with Crippen LogP contribution in [-0.2, 0) is 11.3 Å². The van der Waals surface area contributed by atoms with Crippen molar-refractivity contribution in [1.82, 2.24) is 9.55 Å². The van der Waals surface area contributed by atoms with Crippen LogP contribution in [0.15, 0.2) is 58.0 Å². The number of rotatable bonds is 7. The van der Waals surface area contributed by atoms with Gasteiger partial charge in [0.2, 0.25) is 5.91 Å². The van der Waals surface area contributed by atoms with Crippen LogP contribution in [0.4, 0.5) is 18.9 Å². The summed E-state index contributed by atoms with van der Waals surface area (Å²) in [5.74, 6) is -5.27. The summed E-state index contributed by atoms with van der Waals surface area (Å²) in [7, 11) is 0. The van der Waals surface area contributed by atoms with E-state index >= 15 is 0 Å². The minimum Gasteiger partial charge on any atom is -0.323 e. The van der Waals surface area contributed by atoms with Crippen LogP contribution in [0, 0.1) is 17.5 Å². The number of carbonyl (C=O) groups excluding carboxylic acids is 1. The minimum atomic E-state index is -1.65. The summed E-state index contributed by atoms with van der Waals surface area (Å²) in [6, 6.07) is 8.69. The summed E-state index contributed by atoms with van der Waals surface area (Å²) in [6.45, 7) is 0.435. The largest absolute Gasteiger partial charge is 0.323 e. The maximum Gasteiger partial charge on any atom is 0.262 e. The summed E-state index contributed by atoms with van der Waals surface area (Å²) in [6.07, 6.45) is 7.32. The van der Waals surface area contributed by atoms with Gasteiger partial charge in [-0.2, -0.15) is 0 Å². The van der Waals surface area contributed by atoms with Gasteiger partial charge in [-0.25, -0.2) is 18.2 Å². The van der Waals surface area contributed by atoms with Crippen molar-refractivity contribution in [1.29, 1.82) is 0 Å². The molecule has 1 aliphatic carbocycles. The Kier molecular flexibility index (Phi) is 7.17. The number of para-hydroxylation sites is 1. The number of nitrogens with one attached hydrogen (secondary N) is 1. The van der Waals surface area contributed by atoms with Gasteiger partial charge in [-0.05, 0) is 56.4 Å². The topological polar surface area (TPSA) is 64.0 Å². The number of carbonyl (C=O) groups is 1. The molecule has 3 aromatic rings. The van der Waals surface area contributed by atoms with Crippen LogP contribution in [0.3, 0.4) is 0 Å². The monoisotopic (exact) mass is 473 g/mol. The van der Waals surface area contributed by atoms with Crippen molar-refractivity contribution in [3.8, 4) is 0 Å². The highest BCUT2D eigenvalue weighted by molar-refractivity contribution is 7.99. The first-order valence-electron chi connectivity index (χ1n) is 10.7. The van der Waals surface area contributed by atoms with E-state index in [9.17, 15) is 22.8 Å². The minimum absolute atomic E-state index is 0.188. The number of allylic oxidation sites excluding steroid dienone is 2. The first-order chi connectivity index (χ1) is 15.9. The molecule has 0 radical (unpaired) electrons. The van der Waals surface area contributed by atoms with Crippen LogP contribution in [0.1, 0.15) is 32.1 Å². The molecule has 5 nitrogen and oxygen atoms in total. The van der Waals surface area contributed by atoms with Gasteiger partial charge in [0, 0.05) is 6.54 Å². The predicted octanol–water partition coefficient (Wildman–Crippen LogP) is 5.44. The number of aromatic nitrogens is 2. The van der Waals surface area contributed by atoms with Crippen LogP contribution in [-0.4, -0.2) is 21.2 Å². The summed E-state index contributed by atoms with van der Waals surface area (Å²) in [5.41, 5.74) is 1.19. The third-order valence-corrected chi connectivity index (χ3v) is 6.49. The molecule has 0 unspecified atom stereocenters. The third kappa shape index (κ3) is 5.30. The number of fused-ring (bicyclic) bond motifs is 1. The fraction of sp³-hybridized carbons (Fsp3) is 0.292. The number of anilines is 1. The van der Waals surface area contributed by atoms with Gasteiger partial charge in [0.05, 0.1) is 22.3 Å². The Morgan fingerprint density at radius 2 is 1.91 bits per heavy atom. The highest BCUT2D eigenvalue weighted by atomic mass is 32.2. The zero-order valence-corrected chi connectivity index (χ0v) is 18.6. The van der Waals surface area contributed by atoms with E-state index in [0.717, 1.165) is 49.6 Å². The second kappa shape index (κ2) is 10.2. The molecule has 1 heterocycles. The van der Waals surface area contributed by atoms with Crippen molar-refractivity contribution in [2.45, 2.75) is 43.8 Å². The zero-order valence-electron chi connectivity index (χ0n) is 17.7. The number of nitrogens with zero attached hydrogens (tertiary/aromatic N) is 2. The quantitative estimate of drug-likeness (QED) is 0.215. The van der Waals surface area contributed by atoms with E-state index in [1.165, 1.54) is 12.0 Å². The van der Waals surface area contributed by atoms with Crippen LogP contribution < -0.4 is 10.9 Å². The van der Waals surface area contributed by atoms with Gasteiger partial charge in [-0.1, -0.05) is 35.5 Å². The molecule has 0 atom stereocenters. The van der Waals surface area contributed by atoms with Gasteiger partial charge in [0.25, 0.3) is 5.56 Å². The van der Waals surface area contributed by atoms with Gasteiger partial charge < -0.3 is 5.32 Å². The molecule has 1 N–H and O–H groups in total. The summed E-state index contributed by atoms with van der Waals surface area (Å²) in [5, 5.41) is 3.10. The molecule has 0 saturated heterocycles. The van der Waals surface area contributed by atoms with E-state index in [-0.39, 0.29) is 11.3 Å². The van der Waals surface area contributed by atoms with Gasteiger partial charge in [-0.3, -0.25) is 14.2 Å². The van der Waals surface area contributed by atoms with E-state index in [1.807, 2.05) is 0 Å². The Balaban J connectivity index is 1.54. The van der Waals surface area contributed by atoms with Crippen LogP contribution in [0.5, 0.6) is 0 Å². The van der Waals surface area contributed by atoms with Crippen molar-refractivity contribution in [2.75, 3.05) is 11.1 Å². The molecule has 33 heavy (non-hydrogen) atoms. The van der Waals surface area contributed by atoms with Gasteiger partial charge in [-0.15, -0.1) is 0 Å². The Labute approximate surface area is 192 Å². The SMILES string of the molecule is O=C(CSc1nc2ccccc2c(=O)n1CCC1=CCCCC1)Nc1ccc(F)c(F)c1F. The molecule has 2 aromatic carbocycles. The van der Waals surface area contributed by atoms with Crippen molar-refractivity contribution < 1.29 is 18.0 Å². The molecule has 0 bridgehead atoms. The van der Waals surface area contributed by atoms with E-state index in [1.54, 1.807) is 28.8 Å². The van der Waals surface area contributed by atoms with E-state index in [0.29, 0.717) is 22.6 Å². The van der Waals surface area contributed by atoms with Crippen molar-refractivity contribution in [3.05, 3.63) is 75.9 Å². The summed E-state index contributed by atoms with van der Waals surface area (Å²) < 4.78 is 41.9. The molecule has 9 heteroatoms. The summed E-state index contributed by atoms with van der Waals surface area (Å²) in [4.78, 5) is 30.1. The fourth-order valence-corrected chi connectivity index (χ4v) is 4.61. The highest BCUT2D eigenvalue weighted by Crippen LogP contribution is 2.24. The number of benzene rings is 2. The Morgan fingerprint density at radius 3 is 2.70 bits per heavy atom. The van der Waals surface area contributed by atoms with Crippen molar-refractivity contribution in [2.24, 2.45) is 0 Å². The lowest BCUT2D eigenvalue weighted by molar-refractivity contribution is -0.113. The average Bonchev–Trinajstić information content (AvgIpc) is 2.83. The maximum atomic E-state index is 13.9. The van der Waals surface area contributed by atoms with Crippen LogP contribution in [0.25, 0.3) is 10.9 Å². The Bertz CT molecular complexity index is 1290. The molecule has 0 fully saturated rings. The molecule has 172 valence electrons. The van der Waals surface area contributed by atoms with Crippen molar-refractivity contribution >= 4 is 34.3 Å². The fourth-order valence-electron chi connectivity index (χ4n) is 3.78. The number of hydrogen-bond acceptors (Lipinski definition) is 4. The standard InChI is InChI=1S/C24H22F3N3O2S/c25-17-10-11-19(22(27)21(17)26)28-20(31)14-33-24-29-18-9-5-4-8-16(18)23(32)30(24)13-12-15-6-2-1-3-7-15/h4-6,8-11H,1-3,7,12-14H2,(H,28,31). The second-order valence-corrected chi connectivity index (χ2v) is 8.73. The molecule has 1 aliphatic rings. The molecule has 1 aromatic heterocycles. The molecule has 0 spiro atoms. The van der Waals surface area contributed by atoms with Crippen LogP contribution >= 0.6 is 11.8 Å². The molecule has 0 aliphatic heterocycles. The number of halogens is 3. The maximum absolute atomic E-state index is 13.9. The van der Waals surface area contributed by atoms with Gasteiger partial charge >= 0.3 is 0 Å². The lowest BCUT2D eigenvalue weighted by atomic mass is 9.97. The second-order valence-electron chi connectivity index (χ2n) is 7.79. The molecular formula is C24H22F3N3O2S. The average molecular weight is 474 g/mol. The first kappa shape index (κ1) is 23.1. The van der Waals surface area contributed by atoms with Gasteiger partial charge in [0.15, 0.2) is 22.6 Å². The molecule has 4 rings (SSSR count). The van der Waals surface area contributed by atoms with Gasteiger partial charge in [0.1, 0.15) is 0 Å². The van der Waals surface area contributed by atoms with E-state index < -0.39 is 29.0 Å². The molecule has 1 amide bonds. The zero-order chi connectivity index (χ0) is 23.4. The third-order valence-electron chi connectivity index (χ3n) is 5.51. The number of thioether (sulfide) groups is 1. The van der Waals surface area contributed by atoms with Crippen LogP contribution in [0.2, 0.25) is 0 Å². The molecular weight excluding hydrogens is 451 g/mol. The highest BCUT2D eigenvalue weighted by Gasteiger charge is 2.17. The number of hydrogen-bond donors (Lipinski definition) is 1. The lowest BCUT2D eigenvalue weighted by Crippen LogP contribution is -2.25. The lowest BCUT2D eigenvalue weighted by Gasteiger charge is -2.16. The smallest absolute Gasteiger partial charge is 0.262 e. The van der Waals surface area contributed by atoms with E-state index in [4.69, 9.17) is 0 Å². The number of amides is 1. The Morgan fingerprint density at radius 1 is 1.09 bits per heavy atom. The van der Waals surface area contributed by atoms with Crippen molar-refractivity contribution in [3.63, 3.8) is 0 Å². The van der Waals surface area contributed by atoms with E-state index in [2.05, 4.69) is 16.4 Å². The summed E-state index contributed by atoms with van der Waals surface area (Å²) >= 11 is 1.03. The normalized spacial score (nSPS) is 13.7. The molecule has 0 saturated carbocycles. The Hall–Kier alpha value is -3.07. The predicted molar refractivity (Wildman–Crippen MR) is 123 cm³/mol. The first-order valence-corrected chi connectivity index (χ1v) is 11.7.